The van der Waals surface area contributed by atoms with Gasteiger partial charge in [-0.2, -0.15) is 13.2 Å². The van der Waals surface area contributed by atoms with Crippen LogP contribution in [0.1, 0.15) is 25.6 Å². The molecule has 1 saturated heterocycles. The van der Waals surface area contributed by atoms with E-state index in [1.807, 2.05) is 6.92 Å². The van der Waals surface area contributed by atoms with Gasteiger partial charge in [-0.15, -0.1) is 0 Å². The number of halogens is 4. The Labute approximate surface area is 113 Å². The van der Waals surface area contributed by atoms with Crippen molar-refractivity contribution >= 4 is 17.4 Å². The highest BCUT2D eigenvalue weighted by atomic mass is 35.5. The molecule has 1 aliphatic heterocycles. The van der Waals surface area contributed by atoms with Crippen LogP contribution in [-0.2, 0) is 10.9 Å². The number of nitrogens with one attached hydrogen (secondary N) is 1. The Kier molecular flexibility index (Phi) is 3.87. The molecular formula is C11H13ClF3N3O. The molecule has 0 aliphatic carbocycles. The molecule has 2 rings (SSSR count). The highest BCUT2D eigenvalue weighted by molar-refractivity contribution is 6.29. The van der Waals surface area contributed by atoms with Crippen LogP contribution in [0.15, 0.2) is 6.07 Å². The zero-order valence-corrected chi connectivity index (χ0v) is 11.0. The van der Waals surface area contributed by atoms with E-state index in [1.54, 1.807) is 0 Å². The number of hydrogen-bond acceptors (Lipinski definition) is 4. The van der Waals surface area contributed by atoms with E-state index in [9.17, 15) is 13.2 Å². The fourth-order valence-corrected chi connectivity index (χ4v) is 2.13. The predicted molar refractivity (Wildman–Crippen MR) is 64.1 cm³/mol. The number of nitrogens with zero attached hydrogens (tertiary/aromatic N) is 2. The first-order valence-corrected chi connectivity index (χ1v) is 6.14. The Morgan fingerprint density at radius 2 is 2.16 bits per heavy atom. The van der Waals surface area contributed by atoms with Crippen LogP contribution in [0.2, 0.25) is 5.15 Å². The van der Waals surface area contributed by atoms with Gasteiger partial charge in [-0.1, -0.05) is 11.6 Å². The summed E-state index contributed by atoms with van der Waals surface area (Å²) in [4.78, 5) is 6.64. The molecule has 0 amide bonds. The molecule has 0 saturated carbocycles. The van der Waals surface area contributed by atoms with E-state index >= 15 is 0 Å². The van der Waals surface area contributed by atoms with Gasteiger partial charge in [0.2, 0.25) is 5.82 Å². The maximum atomic E-state index is 12.6. The number of hydrogen-bond donors (Lipinski definition) is 1. The normalized spacial score (nSPS) is 24.3. The lowest BCUT2D eigenvalue weighted by Gasteiger charge is -2.34. The molecule has 106 valence electrons. The lowest BCUT2D eigenvalue weighted by Crippen LogP contribution is -2.43. The Balaban J connectivity index is 2.22. The second-order valence-corrected chi connectivity index (χ2v) is 5.13. The molecule has 0 aromatic carbocycles. The predicted octanol–water partition coefficient (Wildman–Crippen LogP) is 3.13. The van der Waals surface area contributed by atoms with Crippen molar-refractivity contribution < 1.29 is 17.9 Å². The SMILES string of the molecule is CC1(Nc2cc(Cl)nc(C(F)(F)F)n2)CCCOC1. The van der Waals surface area contributed by atoms with E-state index in [0.29, 0.717) is 13.2 Å². The van der Waals surface area contributed by atoms with Crippen LogP contribution < -0.4 is 5.32 Å². The van der Waals surface area contributed by atoms with Gasteiger partial charge < -0.3 is 10.1 Å². The van der Waals surface area contributed by atoms with Crippen molar-refractivity contribution in [2.45, 2.75) is 31.5 Å². The van der Waals surface area contributed by atoms with Gasteiger partial charge in [0, 0.05) is 12.7 Å². The van der Waals surface area contributed by atoms with Crippen molar-refractivity contribution in [3.8, 4) is 0 Å². The monoisotopic (exact) mass is 295 g/mol. The fourth-order valence-electron chi connectivity index (χ4n) is 1.95. The lowest BCUT2D eigenvalue weighted by molar-refractivity contribution is -0.144. The average Bonchev–Trinajstić information content (AvgIpc) is 2.27. The third kappa shape index (κ3) is 3.70. The van der Waals surface area contributed by atoms with Crippen molar-refractivity contribution in [3.63, 3.8) is 0 Å². The van der Waals surface area contributed by atoms with Crippen molar-refractivity contribution in [2.75, 3.05) is 18.5 Å². The quantitative estimate of drug-likeness (QED) is 0.852. The molecule has 1 atom stereocenters. The van der Waals surface area contributed by atoms with Crippen molar-refractivity contribution in [1.82, 2.24) is 9.97 Å². The van der Waals surface area contributed by atoms with E-state index in [4.69, 9.17) is 16.3 Å². The van der Waals surface area contributed by atoms with E-state index in [2.05, 4.69) is 15.3 Å². The molecule has 1 unspecified atom stereocenters. The van der Waals surface area contributed by atoms with Crippen molar-refractivity contribution in [3.05, 3.63) is 17.0 Å². The van der Waals surface area contributed by atoms with Crippen LogP contribution in [0.25, 0.3) is 0 Å². The highest BCUT2D eigenvalue weighted by Gasteiger charge is 2.36. The van der Waals surface area contributed by atoms with Crippen molar-refractivity contribution in [1.29, 1.82) is 0 Å². The first-order valence-electron chi connectivity index (χ1n) is 5.76. The zero-order chi connectivity index (χ0) is 14.1. The number of alkyl halides is 3. The highest BCUT2D eigenvalue weighted by Crippen LogP contribution is 2.30. The van der Waals surface area contributed by atoms with Crippen LogP contribution >= 0.6 is 11.6 Å². The van der Waals surface area contributed by atoms with Gasteiger partial charge in [-0.3, -0.25) is 0 Å². The summed E-state index contributed by atoms with van der Waals surface area (Å²) in [6.45, 7) is 2.95. The maximum Gasteiger partial charge on any atom is 0.451 e. The number of rotatable bonds is 2. The summed E-state index contributed by atoms with van der Waals surface area (Å²) in [7, 11) is 0. The van der Waals surface area contributed by atoms with Gasteiger partial charge in [0.15, 0.2) is 0 Å². The topological polar surface area (TPSA) is 47.0 Å². The Bertz CT molecular complexity index is 461. The zero-order valence-electron chi connectivity index (χ0n) is 10.2. The summed E-state index contributed by atoms with van der Waals surface area (Å²) >= 11 is 5.60. The van der Waals surface area contributed by atoms with Gasteiger partial charge in [-0.25, -0.2) is 9.97 Å². The molecule has 1 aromatic heterocycles. The molecule has 0 spiro atoms. The third-order valence-corrected chi connectivity index (χ3v) is 3.01. The second-order valence-electron chi connectivity index (χ2n) is 4.74. The summed E-state index contributed by atoms with van der Waals surface area (Å²) in [5.41, 5.74) is -0.446. The minimum atomic E-state index is -4.62. The minimum Gasteiger partial charge on any atom is -0.379 e. The Hall–Kier alpha value is -1.08. The first kappa shape index (κ1) is 14.3. The standard InChI is InChI=1S/C11H13ClF3N3O/c1-10(3-2-4-19-6-10)18-8-5-7(12)16-9(17-8)11(13,14)15/h5H,2-4,6H2,1H3,(H,16,17,18). The summed E-state index contributed by atoms with van der Waals surface area (Å²) in [5, 5.41) is 2.70. The third-order valence-electron chi connectivity index (χ3n) is 2.82. The average molecular weight is 296 g/mol. The van der Waals surface area contributed by atoms with Gasteiger partial charge in [0.05, 0.1) is 12.1 Å². The molecule has 1 aromatic rings. The molecular weight excluding hydrogens is 283 g/mol. The molecule has 4 nitrogen and oxygen atoms in total. The van der Waals surface area contributed by atoms with Gasteiger partial charge >= 0.3 is 6.18 Å². The molecule has 19 heavy (non-hydrogen) atoms. The second kappa shape index (κ2) is 5.13. The summed E-state index contributed by atoms with van der Waals surface area (Å²) in [5.74, 6) is -1.19. The van der Waals surface area contributed by atoms with Crippen LogP contribution in [0.3, 0.4) is 0 Å². The summed E-state index contributed by atoms with van der Waals surface area (Å²) in [6, 6.07) is 1.27. The summed E-state index contributed by atoms with van der Waals surface area (Å²) < 4.78 is 43.1. The van der Waals surface area contributed by atoms with E-state index in [0.717, 1.165) is 12.8 Å². The smallest absolute Gasteiger partial charge is 0.379 e. The Morgan fingerprint density at radius 3 is 2.74 bits per heavy atom. The van der Waals surface area contributed by atoms with Crippen LogP contribution in [-0.4, -0.2) is 28.7 Å². The lowest BCUT2D eigenvalue weighted by atomic mass is 9.95. The Morgan fingerprint density at radius 1 is 1.42 bits per heavy atom. The van der Waals surface area contributed by atoms with Gasteiger partial charge in [0.25, 0.3) is 0 Å². The van der Waals surface area contributed by atoms with E-state index in [1.165, 1.54) is 6.07 Å². The number of ether oxygens (including phenoxy) is 1. The molecule has 0 bridgehead atoms. The van der Waals surface area contributed by atoms with Gasteiger partial charge in [0.1, 0.15) is 11.0 Å². The minimum absolute atomic E-state index is 0.0559. The molecule has 2 heterocycles. The van der Waals surface area contributed by atoms with Crippen LogP contribution in [0.4, 0.5) is 19.0 Å². The summed E-state index contributed by atoms with van der Waals surface area (Å²) in [6.07, 6.45) is -2.99. The largest absolute Gasteiger partial charge is 0.451 e. The number of anilines is 1. The van der Waals surface area contributed by atoms with E-state index < -0.39 is 17.5 Å². The van der Waals surface area contributed by atoms with Crippen molar-refractivity contribution in [2.24, 2.45) is 0 Å². The molecule has 1 N–H and O–H groups in total. The molecule has 1 aliphatic rings. The van der Waals surface area contributed by atoms with Crippen LogP contribution in [0.5, 0.6) is 0 Å². The number of aromatic nitrogens is 2. The molecule has 0 radical (unpaired) electrons. The molecule has 1 fully saturated rings. The molecule has 8 heteroatoms. The van der Waals surface area contributed by atoms with Crippen LogP contribution in [0, 0.1) is 0 Å². The maximum absolute atomic E-state index is 12.6. The van der Waals surface area contributed by atoms with E-state index in [-0.39, 0.29) is 11.0 Å². The van der Waals surface area contributed by atoms with Gasteiger partial charge in [-0.05, 0) is 19.8 Å². The first-order chi connectivity index (χ1) is 8.78. The fraction of sp³-hybridized carbons (Fsp3) is 0.636.